The Hall–Kier alpha value is -1.58. The number of halogens is 3. The second-order valence-corrected chi connectivity index (χ2v) is 5.91. The van der Waals surface area contributed by atoms with Crippen molar-refractivity contribution >= 4 is 15.9 Å². The van der Waals surface area contributed by atoms with E-state index in [-0.39, 0.29) is 0 Å². The van der Waals surface area contributed by atoms with Gasteiger partial charge in [-0.25, -0.2) is 13.1 Å². The first-order chi connectivity index (χ1) is 8.61. The van der Waals surface area contributed by atoms with E-state index in [0.29, 0.717) is 19.0 Å². The molecule has 106 valence electrons. The Labute approximate surface area is 106 Å². The monoisotopic (exact) mass is 297 g/mol. The average Bonchev–Trinajstić information content (AvgIpc) is 2.99. The number of aromatic nitrogens is 2. The Morgan fingerprint density at radius 2 is 2.05 bits per heavy atom. The van der Waals surface area contributed by atoms with Gasteiger partial charge in [0.15, 0.2) is 5.69 Å². The first-order valence-corrected chi connectivity index (χ1v) is 6.77. The van der Waals surface area contributed by atoms with Crippen molar-refractivity contribution in [3.05, 3.63) is 11.9 Å². The molecule has 6 nitrogen and oxygen atoms in total. The number of alkyl halides is 3. The van der Waals surface area contributed by atoms with Crippen LogP contribution in [0.4, 0.5) is 13.2 Å². The SMILES string of the molecule is Cn1cc(S(=O)(=O)NC(=O)C2CC2)c(C(F)(F)F)n1. The maximum atomic E-state index is 12.6. The second-order valence-electron chi connectivity index (χ2n) is 4.26. The highest BCUT2D eigenvalue weighted by Gasteiger charge is 2.42. The van der Waals surface area contributed by atoms with Gasteiger partial charge in [0.2, 0.25) is 5.91 Å². The zero-order chi connectivity index (χ0) is 14.4. The van der Waals surface area contributed by atoms with Crippen molar-refractivity contribution in [1.82, 2.24) is 14.5 Å². The zero-order valence-electron chi connectivity index (χ0n) is 9.73. The Balaban J connectivity index is 2.37. The normalized spacial score (nSPS) is 16.4. The van der Waals surface area contributed by atoms with E-state index >= 15 is 0 Å². The summed E-state index contributed by atoms with van der Waals surface area (Å²) in [7, 11) is -3.40. The molecule has 0 bridgehead atoms. The number of nitrogens with one attached hydrogen (secondary N) is 1. The maximum absolute atomic E-state index is 12.6. The van der Waals surface area contributed by atoms with Crippen molar-refractivity contribution in [2.45, 2.75) is 23.9 Å². The van der Waals surface area contributed by atoms with E-state index in [2.05, 4.69) is 5.10 Å². The number of carbonyl (C=O) groups is 1. The van der Waals surface area contributed by atoms with Crippen LogP contribution in [0.25, 0.3) is 0 Å². The van der Waals surface area contributed by atoms with E-state index in [4.69, 9.17) is 0 Å². The molecule has 0 aliphatic heterocycles. The Morgan fingerprint density at radius 3 is 2.53 bits per heavy atom. The first kappa shape index (κ1) is 13.8. The molecule has 1 aromatic rings. The molecule has 0 saturated heterocycles. The van der Waals surface area contributed by atoms with E-state index in [1.165, 1.54) is 0 Å². The van der Waals surface area contributed by atoms with Crippen LogP contribution < -0.4 is 4.72 Å². The molecule has 1 amide bonds. The van der Waals surface area contributed by atoms with Gasteiger partial charge in [-0.2, -0.15) is 18.3 Å². The highest BCUT2D eigenvalue weighted by atomic mass is 32.2. The van der Waals surface area contributed by atoms with Gasteiger partial charge >= 0.3 is 6.18 Å². The molecule has 19 heavy (non-hydrogen) atoms. The summed E-state index contributed by atoms with van der Waals surface area (Å²) in [6.07, 6.45) is -3.11. The van der Waals surface area contributed by atoms with Crippen LogP contribution in [0.1, 0.15) is 18.5 Å². The molecule has 2 rings (SSSR count). The molecule has 1 heterocycles. The van der Waals surface area contributed by atoms with Crippen LogP contribution in [0.2, 0.25) is 0 Å². The van der Waals surface area contributed by atoms with Crippen LogP contribution >= 0.6 is 0 Å². The number of sulfonamides is 1. The van der Waals surface area contributed by atoms with E-state index in [1.807, 2.05) is 0 Å². The van der Waals surface area contributed by atoms with E-state index in [0.717, 1.165) is 11.7 Å². The molecular formula is C9H10F3N3O3S. The Bertz CT molecular complexity index is 616. The Morgan fingerprint density at radius 1 is 1.47 bits per heavy atom. The predicted octanol–water partition coefficient (Wildman–Crippen LogP) is 0.654. The lowest BCUT2D eigenvalue weighted by Gasteiger charge is -2.08. The van der Waals surface area contributed by atoms with Crippen molar-refractivity contribution in [2.24, 2.45) is 13.0 Å². The third-order valence-corrected chi connectivity index (χ3v) is 3.88. The van der Waals surface area contributed by atoms with Crippen LogP contribution in [0.15, 0.2) is 11.1 Å². The summed E-state index contributed by atoms with van der Waals surface area (Å²) in [5.74, 6) is -1.21. The fourth-order valence-electron chi connectivity index (χ4n) is 1.48. The molecule has 10 heteroatoms. The van der Waals surface area contributed by atoms with Gasteiger partial charge in [0, 0.05) is 19.2 Å². The molecule has 1 aromatic heterocycles. The van der Waals surface area contributed by atoms with Gasteiger partial charge < -0.3 is 0 Å². The summed E-state index contributed by atoms with van der Waals surface area (Å²) in [4.78, 5) is 10.3. The molecule has 0 unspecified atom stereocenters. The standard InChI is InChI=1S/C9H10F3N3O3S/c1-15-4-6(7(13-15)9(10,11)12)19(17,18)14-8(16)5-2-3-5/h4-5H,2-3H2,1H3,(H,14,16). The summed E-state index contributed by atoms with van der Waals surface area (Å²) in [6.45, 7) is 0. The minimum Gasteiger partial charge on any atom is -0.274 e. The van der Waals surface area contributed by atoms with Gasteiger partial charge in [0.05, 0.1) is 0 Å². The lowest BCUT2D eigenvalue weighted by molar-refractivity contribution is -0.143. The van der Waals surface area contributed by atoms with Crippen molar-refractivity contribution < 1.29 is 26.4 Å². The van der Waals surface area contributed by atoms with Crippen molar-refractivity contribution in [1.29, 1.82) is 0 Å². The van der Waals surface area contributed by atoms with Gasteiger partial charge in [0.1, 0.15) is 4.90 Å². The van der Waals surface area contributed by atoms with Crippen LogP contribution in [0.3, 0.4) is 0 Å². The molecule has 1 aliphatic rings. The number of carbonyl (C=O) groups excluding carboxylic acids is 1. The van der Waals surface area contributed by atoms with E-state index < -0.39 is 38.6 Å². The third-order valence-electron chi connectivity index (χ3n) is 2.54. The molecule has 1 fully saturated rings. The van der Waals surface area contributed by atoms with Crippen molar-refractivity contribution in [3.63, 3.8) is 0 Å². The van der Waals surface area contributed by atoms with Gasteiger partial charge in [-0.1, -0.05) is 0 Å². The minimum absolute atomic E-state index is 0.430. The highest BCUT2D eigenvalue weighted by molar-refractivity contribution is 7.90. The van der Waals surface area contributed by atoms with Crippen LogP contribution in [0, 0.1) is 5.92 Å². The van der Waals surface area contributed by atoms with Crippen LogP contribution in [0.5, 0.6) is 0 Å². The fourth-order valence-corrected chi connectivity index (χ4v) is 2.72. The molecule has 0 radical (unpaired) electrons. The summed E-state index contributed by atoms with van der Waals surface area (Å²) in [6, 6.07) is 0. The summed E-state index contributed by atoms with van der Waals surface area (Å²) in [5, 5.41) is 3.08. The fraction of sp³-hybridized carbons (Fsp3) is 0.556. The van der Waals surface area contributed by atoms with Crippen molar-refractivity contribution in [2.75, 3.05) is 0 Å². The average molecular weight is 297 g/mol. The van der Waals surface area contributed by atoms with Crippen LogP contribution in [-0.2, 0) is 28.0 Å². The lowest BCUT2D eigenvalue weighted by Crippen LogP contribution is -2.32. The van der Waals surface area contributed by atoms with Gasteiger partial charge in [-0.3, -0.25) is 9.48 Å². The highest BCUT2D eigenvalue weighted by Crippen LogP contribution is 2.33. The summed E-state index contributed by atoms with van der Waals surface area (Å²) >= 11 is 0. The smallest absolute Gasteiger partial charge is 0.274 e. The molecule has 0 aromatic carbocycles. The topological polar surface area (TPSA) is 81.1 Å². The number of hydrogen-bond donors (Lipinski definition) is 1. The van der Waals surface area contributed by atoms with E-state index in [1.54, 1.807) is 4.72 Å². The quantitative estimate of drug-likeness (QED) is 0.888. The van der Waals surface area contributed by atoms with Gasteiger partial charge in [-0.05, 0) is 12.8 Å². The largest absolute Gasteiger partial charge is 0.436 e. The Kier molecular flexibility index (Phi) is 3.07. The summed E-state index contributed by atoms with van der Waals surface area (Å²) in [5.41, 5.74) is -1.54. The maximum Gasteiger partial charge on any atom is 0.436 e. The number of nitrogens with zero attached hydrogens (tertiary/aromatic N) is 2. The molecular weight excluding hydrogens is 287 g/mol. The molecule has 0 atom stereocenters. The number of hydrogen-bond acceptors (Lipinski definition) is 4. The van der Waals surface area contributed by atoms with Crippen LogP contribution in [-0.4, -0.2) is 24.1 Å². The number of aryl methyl sites for hydroxylation is 1. The number of rotatable bonds is 3. The molecule has 1 aliphatic carbocycles. The van der Waals surface area contributed by atoms with Gasteiger partial charge in [0.25, 0.3) is 10.0 Å². The molecule has 1 saturated carbocycles. The number of amides is 1. The lowest BCUT2D eigenvalue weighted by atomic mass is 10.4. The molecule has 0 spiro atoms. The second kappa shape index (κ2) is 4.22. The predicted molar refractivity (Wildman–Crippen MR) is 56.3 cm³/mol. The zero-order valence-corrected chi connectivity index (χ0v) is 10.5. The molecule has 1 N–H and O–H groups in total. The third kappa shape index (κ3) is 2.88. The summed E-state index contributed by atoms with van der Waals surface area (Å²) < 4.78 is 63.9. The minimum atomic E-state index is -4.91. The van der Waals surface area contributed by atoms with Crippen molar-refractivity contribution in [3.8, 4) is 0 Å². The van der Waals surface area contributed by atoms with E-state index in [9.17, 15) is 26.4 Å². The van der Waals surface area contributed by atoms with Gasteiger partial charge in [-0.15, -0.1) is 0 Å². The first-order valence-electron chi connectivity index (χ1n) is 5.29.